The number of hydrogen-bond donors (Lipinski definition) is 1. The molecule has 1 amide bonds. The number of carbonyl (C=O) groups is 1. The SMILES string of the molecule is Cc1cccc(C(=O)N=Nc2c(O)n(Cc3ccccc3)c3ccc(Br)cc23)c1. The molecule has 29 heavy (non-hydrogen) atoms. The van der Waals surface area contributed by atoms with Crippen molar-refractivity contribution >= 4 is 38.4 Å². The Morgan fingerprint density at radius 2 is 1.83 bits per heavy atom. The topological polar surface area (TPSA) is 66.9 Å². The van der Waals surface area contributed by atoms with Gasteiger partial charge in [0.2, 0.25) is 5.88 Å². The maximum absolute atomic E-state index is 12.4. The first-order valence-corrected chi connectivity index (χ1v) is 9.89. The molecule has 0 fully saturated rings. The van der Waals surface area contributed by atoms with Crippen molar-refractivity contribution in [1.82, 2.24) is 4.57 Å². The molecule has 0 atom stereocenters. The fourth-order valence-corrected chi connectivity index (χ4v) is 3.61. The molecule has 5 nitrogen and oxygen atoms in total. The molecule has 6 heteroatoms. The first-order chi connectivity index (χ1) is 14.0. The maximum Gasteiger partial charge on any atom is 0.295 e. The van der Waals surface area contributed by atoms with Crippen LogP contribution in [0.15, 0.2) is 87.5 Å². The third-order valence-corrected chi connectivity index (χ3v) is 5.15. The van der Waals surface area contributed by atoms with E-state index in [1.807, 2.05) is 61.5 Å². The Morgan fingerprint density at radius 1 is 1.03 bits per heavy atom. The standard InChI is InChI=1S/C23H18BrN3O2/c1-15-6-5-9-17(12-15)22(28)26-25-21-19-13-18(24)10-11-20(19)27(23(21)29)14-16-7-3-2-4-8-16/h2-13,29H,14H2,1H3. The van der Waals surface area contributed by atoms with Crippen LogP contribution in [0.3, 0.4) is 0 Å². The highest BCUT2D eigenvalue weighted by Crippen LogP contribution is 2.40. The van der Waals surface area contributed by atoms with Gasteiger partial charge in [-0.3, -0.25) is 4.79 Å². The third kappa shape index (κ3) is 3.98. The van der Waals surface area contributed by atoms with Gasteiger partial charge in [-0.1, -0.05) is 64.0 Å². The number of rotatable bonds is 4. The van der Waals surface area contributed by atoms with Gasteiger partial charge in [-0.15, -0.1) is 10.2 Å². The smallest absolute Gasteiger partial charge is 0.295 e. The van der Waals surface area contributed by atoms with Crippen LogP contribution in [0.1, 0.15) is 21.5 Å². The number of nitrogens with zero attached hydrogens (tertiary/aromatic N) is 3. The zero-order valence-corrected chi connectivity index (χ0v) is 17.3. The number of amides is 1. The summed E-state index contributed by atoms with van der Waals surface area (Å²) < 4.78 is 2.62. The minimum atomic E-state index is -0.452. The summed E-state index contributed by atoms with van der Waals surface area (Å²) in [5.41, 5.74) is 3.56. The molecule has 0 spiro atoms. The van der Waals surface area contributed by atoms with Crippen molar-refractivity contribution < 1.29 is 9.90 Å². The molecule has 1 heterocycles. The van der Waals surface area contributed by atoms with Gasteiger partial charge in [-0.2, -0.15) is 0 Å². The van der Waals surface area contributed by atoms with Gasteiger partial charge in [0, 0.05) is 15.4 Å². The highest BCUT2D eigenvalue weighted by atomic mass is 79.9. The monoisotopic (exact) mass is 447 g/mol. The normalized spacial score (nSPS) is 11.4. The van der Waals surface area contributed by atoms with Crippen molar-refractivity contribution in [3.63, 3.8) is 0 Å². The van der Waals surface area contributed by atoms with Crippen molar-refractivity contribution in [3.8, 4) is 5.88 Å². The van der Waals surface area contributed by atoms with Crippen molar-refractivity contribution in [2.45, 2.75) is 13.5 Å². The Hall–Kier alpha value is -3.25. The first-order valence-electron chi connectivity index (χ1n) is 9.10. The number of benzene rings is 3. The predicted molar refractivity (Wildman–Crippen MR) is 117 cm³/mol. The molecule has 1 aromatic heterocycles. The average Bonchev–Trinajstić information content (AvgIpc) is 2.97. The molecule has 0 bridgehead atoms. The molecule has 0 aliphatic rings. The van der Waals surface area contributed by atoms with Crippen LogP contribution in [0.5, 0.6) is 5.88 Å². The van der Waals surface area contributed by atoms with Crippen molar-refractivity contribution in [2.24, 2.45) is 10.2 Å². The highest BCUT2D eigenvalue weighted by molar-refractivity contribution is 9.10. The molecule has 4 aromatic rings. The van der Waals surface area contributed by atoms with E-state index in [9.17, 15) is 9.90 Å². The van der Waals surface area contributed by atoms with Crippen LogP contribution >= 0.6 is 15.9 Å². The quantitative estimate of drug-likeness (QED) is 0.368. The summed E-state index contributed by atoms with van der Waals surface area (Å²) in [4.78, 5) is 12.4. The van der Waals surface area contributed by atoms with Gasteiger partial charge in [-0.05, 0) is 42.8 Å². The van der Waals surface area contributed by atoms with Crippen LogP contribution in [0.25, 0.3) is 10.9 Å². The van der Waals surface area contributed by atoms with Gasteiger partial charge < -0.3 is 9.67 Å². The Labute approximate surface area is 176 Å². The number of fused-ring (bicyclic) bond motifs is 1. The highest BCUT2D eigenvalue weighted by Gasteiger charge is 2.18. The number of aromatic hydroxyl groups is 1. The maximum atomic E-state index is 12.4. The summed E-state index contributed by atoms with van der Waals surface area (Å²) in [7, 11) is 0. The van der Waals surface area contributed by atoms with Crippen LogP contribution in [0, 0.1) is 6.92 Å². The van der Waals surface area contributed by atoms with Crippen LogP contribution in [0.4, 0.5) is 5.69 Å². The van der Waals surface area contributed by atoms with Gasteiger partial charge in [-0.25, -0.2) is 0 Å². The minimum Gasteiger partial charge on any atom is -0.493 e. The first kappa shape index (κ1) is 19.1. The van der Waals surface area contributed by atoms with Crippen molar-refractivity contribution in [1.29, 1.82) is 0 Å². The molecule has 0 aliphatic carbocycles. The molecular weight excluding hydrogens is 430 g/mol. The van der Waals surface area contributed by atoms with E-state index in [1.54, 1.807) is 22.8 Å². The summed E-state index contributed by atoms with van der Waals surface area (Å²) >= 11 is 3.46. The molecule has 4 rings (SSSR count). The predicted octanol–water partition coefficient (Wildman–Crippen LogP) is 6.39. The van der Waals surface area contributed by atoms with Crippen LogP contribution < -0.4 is 0 Å². The second-order valence-electron chi connectivity index (χ2n) is 6.78. The number of halogens is 1. The molecule has 0 saturated carbocycles. The Morgan fingerprint density at radius 3 is 2.59 bits per heavy atom. The van der Waals surface area contributed by atoms with Crippen molar-refractivity contribution in [3.05, 3.63) is 94.0 Å². The second kappa shape index (κ2) is 8.01. The lowest BCUT2D eigenvalue weighted by Crippen LogP contribution is -1.98. The van der Waals surface area contributed by atoms with E-state index in [0.717, 1.165) is 21.1 Å². The van der Waals surface area contributed by atoms with E-state index < -0.39 is 5.91 Å². The Balaban J connectivity index is 1.76. The van der Waals surface area contributed by atoms with Gasteiger partial charge in [0.25, 0.3) is 5.91 Å². The van der Waals surface area contributed by atoms with E-state index in [4.69, 9.17) is 0 Å². The largest absolute Gasteiger partial charge is 0.493 e. The van der Waals surface area contributed by atoms with Crippen LogP contribution in [-0.4, -0.2) is 15.6 Å². The van der Waals surface area contributed by atoms with E-state index >= 15 is 0 Å². The zero-order valence-electron chi connectivity index (χ0n) is 15.7. The number of azo groups is 1. The fraction of sp³-hybridized carbons (Fsp3) is 0.0870. The lowest BCUT2D eigenvalue weighted by Gasteiger charge is -2.07. The molecule has 0 aliphatic heterocycles. The van der Waals surface area contributed by atoms with E-state index in [-0.39, 0.29) is 11.6 Å². The molecule has 0 radical (unpaired) electrons. The van der Waals surface area contributed by atoms with Crippen molar-refractivity contribution in [2.75, 3.05) is 0 Å². The van der Waals surface area contributed by atoms with Gasteiger partial charge in [0.05, 0.1) is 12.1 Å². The van der Waals surface area contributed by atoms with E-state index in [0.29, 0.717) is 17.5 Å². The van der Waals surface area contributed by atoms with Gasteiger partial charge >= 0.3 is 0 Å². The molecule has 144 valence electrons. The Kier molecular flexibility index (Phi) is 5.27. The van der Waals surface area contributed by atoms with Gasteiger partial charge in [0.1, 0.15) is 0 Å². The summed E-state index contributed by atoms with van der Waals surface area (Å²) in [6, 6.07) is 22.7. The van der Waals surface area contributed by atoms with Crippen LogP contribution in [-0.2, 0) is 6.54 Å². The number of carbonyl (C=O) groups excluding carboxylic acids is 1. The summed E-state index contributed by atoms with van der Waals surface area (Å²) in [6.45, 7) is 2.39. The molecular formula is C23H18BrN3O2. The summed E-state index contributed by atoms with van der Waals surface area (Å²) in [6.07, 6.45) is 0. The molecule has 0 unspecified atom stereocenters. The number of hydrogen-bond acceptors (Lipinski definition) is 3. The lowest BCUT2D eigenvalue weighted by atomic mass is 10.1. The molecule has 0 saturated heterocycles. The van der Waals surface area contributed by atoms with E-state index in [2.05, 4.69) is 26.2 Å². The second-order valence-corrected chi connectivity index (χ2v) is 7.70. The number of aryl methyl sites for hydroxylation is 1. The fourth-order valence-electron chi connectivity index (χ4n) is 3.25. The zero-order chi connectivity index (χ0) is 20.4. The van der Waals surface area contributed by atoms with Gasteiger partial charge in [0.15, 0.2) is 5.69 Å². The average molecular weight is 448 g/mol. The molecule has 1 N–H and O–H groups in total. The number of aromatic nitrogens is 1. The summed E-state index contributed by atoms with van der Waals surface area (Å²) in [5.74, 6) is -0.477. The Bertz CT molecular complexity index is 1230. The van der Waals surface area contributed by atoms with Crippen LogP contribution in [0.2, 0.25) is 0 Å². The third-order valence-electron chi connectivity index (χ3n) is 4.66. The molecule has 3 aromatic carbocycles. The van der Waals surface area contributed by atoms with E-state index in [1.165, 1.54) is 0 Å². The minimum absolute atomic E-state index is 0.0252. The summed E-state index contributed by atoms with van der Waals surface area (Å²) in [5, 5.41) is 19.6. The lowest BCUT2D eigenvalue weighted by molar-refractivity contribution is 0.0995.